The maximum atomic E-state index is 12.9. The molecule has 0 bridgehead atoms. The molecule has 2 aromatic rings. The van der Waals surface area contributed by atoms with Crippen LogP contribution in [0.2, 0.25) is 5.02 Å². The van der Waals surface area contributed by atoms with Crippen LogP contribution in [0.25, 0.3) is 0 Å². The number of anilines is 1. The van der Waals surface area contributed by atoms with Gasteiger partial charge in [-0.25, -0.2) is 8.42 Å². The molecule has 0 amide bonds. The van der Waals surface area contributed by atoms with Gasteiger partial charge in [-0.15, -0.1) is 11.3 Å². The van der Waals surface area contributed by atoms with Crippen molar-refractivity contribution >= 4 is 44.4 Å². The minimum atomic E-state index is -3.64. The zero-order valence-electron chi connectivity index (χ0n) is 11.9. The van der Waals surface area contributed by atoms with E-state index in [1.807, 2.05) is 13.0 Å². The monoisotopic (exact) mass is 355 g/mol. The lowest BCUT2D eigenvalue weighted by Gasteiger charge is -2.29. The molecule has 0 spiro atoms. The molecule has 0 saturated carbocycles. The molecule has 22 heavy (non-hydrogen) atoms. The molecular formula is C15H14ClNO3S2. The Hall–Kier alpha value is -1.37. The smallest absolute Gasteiger partial charge is 0.273 e. The summed E-state index contributed by atoms with van der Waals surface area (Å²) in [7, 11) is -3.64. The van der Waals surface area contributed by atoms with E-state index >= 15 is 0 Å². The zero-order valence-corrected chi connectivity index (χ0v) is 14.3. The molecule has 0 atom stereocenters. The Labute approximate surface area is 138 Å². The lowest BCUT2D eigenvalue weighted by molar-refractivity contribution is 0.0982. The lowest BCUT2D eigenvalue weighted by Crippen LogP contribution is -2.37. The molecule has 0 unspecified atom stereocenters. The van der Waals surface area contributed by atoms with E-state index in [4.69, 9.17) is 11.6 Å². The SMILES string of the molecule is CCc1ccc(S(=O)(=O)N2CCC(=O)c3cc(Cl)ccc32)s1. The first kappa shape index (κ1) is 15.5. The van der Waals surface area contributed by atoms with Crippen LogP contribution in [-0.2, 0) is 16.4 Å². The van der Waals surface area contributed by atoms with Crippen molar-refractivity contribution in [3.05, 3.63) is 45.8 Å². The quantitative estimate of drug-likeness (QED) is 0.842. The maximum absolute atomic E-state index is 12.9. The minimum Gasteiger partial charge on any atom is -0.294 e. The number of rotatable bonds is 3. The van der Waals surface area contributed by atoms with E-state index in [1.54, 1.807) is 18.2 Å². The first-order valence-corrected chi connectivity index (χ1v) is 9.51. The van der Waals surface area contributed by atoms with Gasteiger partial charge in [0.05, 0.1) is 5.69 Å². The second kappa shape index (κ2) is 5.68. The number of sulfonamides is 1. The van der Waals surface area contributed by atoms with E-state index in [0.29, 0.717) is 20.5 Å². The van der Waals surface area contributed by atoms with E-state index in [9.17, 15) is 13.2 Å². The number of Topliss-reactive ketones (excluding diaryl/α,β-unsaturated/α-hetero) is 1. The van der Waals surface area contributed by atoms with Crippen LogP contribution < -0.4 is 4.31 Å². The summed E-state index contributed by atoms with van der Waals surface area (Å²) >= 11 is 7.20. The Bertz CT molecular complexity index is 842. The summed E-state index contributed by atoms with van der Waals surface area (Å²) in [5, 5.41) is 0.427. The molecule has 3 rings (SSSR count). The molecule has 0 N–H and O–H groups in total. The van der Waals surface area contributed by atoms with E-state index in [1.165, 1.54) is 21.7 Å². The summed E-state index contributed by atoms with van der Waals surface area (Å²) in [6, 6.07) is 8.20. The van der Waals surface area contributed by atoms with Gasteiger partial charge in [-0.05, 0) is 36.8 Å². The predicted molar refractivity (Wildman–Crippen MR) is 88.6 cm³/mol. The second-order valence-corrected chi connectivity index (χ2v) is 8.68. The van der Waals surface area contributed by atoms with Gasteiger partial charge >= 0.3 is 0 Å². The van der Waals surface area contributed by atoms with Crippen LogP contribution in [0.5, 0.6) is 0 Å². The predicted octanol–water partition coefficient (Wildman–Crippen LogP) is 3.75. The Balaban J connectivity index is 2.09. The van der Waals surface area contributed by atoms with Gasteiger partial charge < -0.3 is 0 Å². The first-order chi connectivity index (χ1) is 10.4. The first-order valence-electron chi connectivity index (χ1n) is 6.87. The normalized spacial score (nSPS) is 15.0. The second-order valence-electron chi connectivity index (χ2n) is 4.99. The summed E-state index contributed by atoms with van der Waals surface area (Å²) in [5.74, 6) is -0.0793. The summed E-state index contributed by atoms with van der Waals surface area (Å²) < 4.78 is 27.3. The third-order valence-corrected chi connectivity index (χ3v) is 7.34. The fourth-order valence-electron chi connectivity index (χ4n) is 2.45. The number of fused-ring (bicyclic) bond motifs is 1. The lowest BCUT2D eigenvalue weighted by atomic mass is 10.0. The number of carbonyl (C=O) groups is 1. The van der Waals surface area contributed by atoms with Crippen LogP contribution in [0.4, 0.5) is 5.69 Å². The van der Waals surface area contributed by atoms with Gasteiger partial charge in [-0.3, -0.25) is 9.10 Å². The van der Waals surface area contributed by atoms with Gasteiger partial charge in [0.25, 0.3) is 10.0 Å². The van der Waals surface area contributed by atoms with Crippen LogP contribution >= 0.6 is 22.9 Å². The third-order valence-electron chi connectivity index (χ3n) is 3.60. The average molecular weight is 356 g/mol. The molecule has 0 fully saturated rings. The molecule has 1 aromatic heterocycles. The van der Waals surface area contributed by atoms with E-state index < -0.39 is 10.0 Å². The number of ketones is 1. The van der Waals surface area contributed by atoms with Crippen molar-refractivity contribution in [2.75, 3.05) is 10.8 Å². The Kier molecular flexibility index (Phi) is 4.01. The van der Waals surface area contributed by atoms with Gasteiger partial charge in [0, 0.05) is 28.4 Å². The van der Waals surface area contributed by atoms with Crippen molar-refractivity contribution in [3.63, 3.8) is 0 Å². The summed E-state index contributed by atoms with van der Waals surface area (Å²) in [4.78, 5) is 13.0. The Morgan fingerprint density at radius 2 is 2.05 bits per heavy atom. The standard InChI is InChI=1S/C15H14ClNO3S2/c1-2-11-4-6-15(21-11)22(19,20)17-8-7-14(18)12-9-10(16)3-5-13(12)17/h3-6,9H,2,7-8H2,1H3. The topological polar surface area (TPSA) is 54.5 Å². The van der Waals surface area contributed by atoms with Crippen molar-refractivity contribution in [1.82, 2.24) is 0 Å². The van der Waals surface area contributed by atoms with Crippen molar-refractivity contribution in [2.24, 2.45) is 0 Å². The molecule has 1 aromatic carbocycles. The Morgan fingerprint density at radius 1 is 1.27 bits per heavy atom. The van der Waals surface area contributed by atoms with Crippen molar-refractivity contribution in [3.8, 4) is 0 Å². The number of halogens is 1. The van der Waals surface area contributed by atoms with E-state index in [2.05, 4.69) is 0 Å². The molecule has 116 valence electrons. The number of hydrogen-bond donors (Lipinski definition) is 0. The highest BCUT2D eigenvalue weighted by atomic mass is 35.5. The highest BCUT2D eigenvalue weighted by molar-refractivity contribution is 7.94. The molecular weight excluding hydrogens is 342 g/mol. The maximum Gasteiger partial charge on any atom is 0.273 e. The summed E-state index contributed by atoms with van der Waals surface area (Å²) in [5.41, 5.74) is 0.779. The van der Waals surface area contributed by atoms with E-state index in [-0.39, 0.29) is 18.7 Å². The highest BCUT2D eigenvalue weighted by Gasteiger charge is 2.33. The summed E-state index contributed by atoms with van der Waals surface area (Å²) in [6.07, 6.45) is 0.962. The third kappa shape index (κ3) is 2.55. The molecule has 1 aliphatic rings. The van der Waals surface area contributed by atoms with Crippen LogP contribution in [0.3, 0.4) is 0 Å². The zero-order chi connectivity index (χ0) is 15.9. The minimum absolute atomic E-state index is 0.0793. The largest absolute Gasteiger partial charge is 0.294 e. The van der Waals surface area contributed by atoms with Crippen molar-refractivity contribution < 1.29 is 13.2 Å². The fourth-order valence-corrected chi connectivity index (χ4v) is 5.52. The molecule has 0 aliphatic carbocycles. The van der Waals surface area contributed by atoms with Gasteiger partial charge in [0.15, 0.2) is 5.78 Å². The summed E-state index contributed by atoms with van der Waals surface area (Å²) in [6.45, 7) is 2.15. The van der Waals surface area contributed by atoms with Crippen molar-refractivity contribution in [1.29, 1.82) is 0 Å². The molecule has 2 heterocycles. The molecule has 7 heteroatoms. The van der Waals surface area contributed by atoms with Gasteiger partial charge in [0.2, 0.25) is 0 Å². The number of hydrogen-bond acceptors (Lipinski definition) is 4. The van der Waals surface area contributed by atoms with Gasteiger partial charge in [-0.1, -0.05) is 18.5 Å². The highest BCUT2D eigenvalue weighted by Crippen LogP contribution is 2.35. The molecule has 0 radical (unpaired) electrons. The number of benzene rings is 1. The molecule has 1 aliphatic heterocycles. The van der Waals surface area contributed by atoms with Crippen LogP contribution in [0, 0.1) is 0 Å². The van der Waals surface area contributed by atoms with Crippen molar-refractivity contribution in [2.45, 2.75) is 24.0 Å². The molecule has 4 nitrogen and oxygen atoms in total. The number of nitrogens with zero attached hydrogens (tertiary/aromatic N) is 1. The fraction of sp³-hybridized carbons (Fsp3) is 0.267. The van der Waals surface area contributed by atoms with Crippen LogP contribution in [-0.4, -0.2) is 20.7 Å². The average Bonchev–Trinajstić information content (AvgIpc) is 2.97. The van der Waals surface area contributed by atoms with Gasteiger partial charge in [-0.2, -0.15) is 0 Å². The molecule has 0 saturated heterocycles. The number of thiophene rings is 1. The van der Waals surface area contributed by atoms with Crippen LogP contribution in [0.1, 0.15) is 28.6 Å². The number of aryl methyl sites for hydroxylation is 1. The Morgan fingerprint density at radius 3 is 2.73 bits per heavy atom. The number of carbonyl (C=O) groups excluding carboxylic acids is 1. The van der Waals surface area contributed by atoms with Crippen LogP contribution in [0.15, 0.2) is 34.5 Å². The van der Waals surface area contributed by atoms with Gasteiger partial charge in [0.1, 0.15) is 4.21 Å². The van der Waals surface area contributed by atoms with E-state index in [0.717, 1.165) is 11.3 Å².